The average molecular weight is 224 g/mol. The van der Waals surface area contributed by atoms with E-state index in [9.17, 15) is 9.59 Å². The molecule has 0 amide bonds. The van der Waals surface area contributed by atoms with Crippen LogP contribution in [0.3, 0.4) is 0 Å². The Bertz CT molecular complexity index is 490. The standard InChI is InChI=1S/C11H16N2O3/c1-6-7(2)10(16-8(6)3)13-5-4-9(14)12-11(13)15/h4-8,10H,1-3H3,(H,12,14,15)/t6?,7-,8+,10+/m0/s1. The third kappa shape index (κ3) is 1.71. The molecule has 16 heavy (non-hydrogen) atoms. The summed E-state index contributed by atoms with van der Waals surface area (Å²) in [5, 5.41) is 0. The Morgan fingerprint density at radius 2 is 1.94 bits per heavy atom. The van der Waals surface area contributed by atoms with Gasteiger partial charge >= 0.3 is 5.69 Å². The zero-order valence-electron chi connectivity index (χ0n) is 9.64. The highest BCUT2D eigenvalue weighted by Gasteiger charge is 2.37. The first kappa shape index (κ1) is 11.1. The molecule has 0 radical (unpaired) electrons. The maximum Gasteiger partial charge on any atom is 0.330 e. The van der Waals surface area contributed by atoms with E-state index in [0.29, 0.717) is 5.92 Å². The van der Waals surface area contributed by atoms with Gasteiger partial charge in [-0.15, -0.1) is 0 Å². The quantitative estimate of drug-likeness (QED) is 0.764. The van der Waals surface area contributed by atoms with Crippen LogP contribution in [0.1, 0.15) is 27.0 Å². The van der Waals surface area contributed by atoms with Crippen molar-refractivity contribution in [2.45, 2.75) is 33.1 Å². The molecule has 1 unspecified atom stereocenters. The zero-order chi connectivity index (χ0) is 11.9. The summed E-state index contributed by atoms with van der Waals surface area (Å²) in [6, 6.07) is 1.34. The van der Waals surface area contributed by atoms with Crippen LogP contribution in [0.4, 0.5) is 0 Å². The molecule has 1 saturated heterocycles. The second-order valence-corrected chi connectivity index (χ2v) is 4.47. The van der Waals surface area contributed by atoms with Gasteiger partial charge in [0.2, 0.25) is 0 Å². The maximum atomic E-state index is 11.6. The van der Waals surface area contributed by atoms with Gasteiger partial charge in [-0.05, 0) is 12.8 Å². The Labute approximate surface area is 93.1 Å². The van der Waals surface area contributed by atoms with Gasteiger partial charge in [-0.1, -0.05) is 13.8 Å². The van der Waals surface area contributed by atoms with E-state index in [1.165, 1.54) is 16.8 Å². The van der Waals surface area contributed by atoms with Crippen molar-refractivity contribution in [2.24, 2.45) is 11.8 Å². The number of H-pyrrole nitrogens is 1. The lowest BCUT2D eigenvalue weighted by atomic mass is 9.93. The predicted octanol–water partition coefficient (Wildman–Crippen LogP) is 0.726. The molecule has 1 N–H and O–H groups in total. The van der Waals surface area contributed by atoms with E-state index in [4.69, 9.17) is 4.74 Å². The van der Waals surface area contributed by atoms with Crippen LogP contribution in [0.2, 0.25) is 0 Å². The molecule has 0 aliphatic carbocycles. The fourth-order valence-electron chi connectivity index (χ4n) is 2.10. The minimum atomic E-state index is -0.411. The Hall–Kier alpha value is -1.36. The van der Waals surface area contributed by atoms with E-state index in [1.807, 2.05) is 6.92 Å². The summed E-state index contributed by atoms with van der Waals surface area (Å²) < 4.78 is 7.18. The lowest BCUT2D eigenvalue weighted by Gasteiger charge is -2.18. The van der Waals surface area contributed by atoms with Crippen LogP contribution in [-0.4, -0.2) is 15.7 Å². The molecule has 2 heterocycles. The lowest BCUT2D eigenvalue weighted by Crippen LogP contribution is -2.33. The monoisotopic (exact) mass is 224 g/mol. The molecule has 1 aliphatic heterocycles. The normalized spacial score (nSPS) is 34.2. The van der Waals surface area contributed by atoms with Crippen molar-refractivity contribution in [3.05, 3.63) is 33.1 Å². The molecular weight excluding hydrogens is 208 g/mol. The highest BCUT2D eigenvalue weighted by atomic mass is 16.5. The van der Waals surface area contributed by atoms with Crippen molar-refractivity contribution >= 4 is 0 Å². The first-order valence-corrected chi connectivity index (χ1v) is 5.47. The first-order chi connectivity index (χ1) is 7.50. The lowest BCUT2D eigenvalue weighted by molar-refractivity contribution is -0.00759. The molecule has 5 heteroatoms. The topological polar surface area (TPSA) is 64.1 Å². The Morgan fingerprint density at radius 3 is 2.44 bits per heavy atom. The van der Waals surface area contributed by atoms with Gasteiger partial charge in [0.15, 0.2) is 0 Å². The number of ether oxygens (including phenoxy) is 1. The Morgan fingerprint density at radius 1 is 1.25 bits per heavy atom. The van der Waals surface area contributed by atoms with Crippen molar-refractivity contribution in [3.63, 3.8) is 0 Å². The number of aromatic amines is 1. The fraction of sp³-hybridized carbons (Fsp3) is 0.636. The van der Waals surface area contributed by atoms with E-state index in [0.717, 1.165) is 0 Å². The van der Waals surface area contributed by atoms with Gasteiger partial charge in [-0.2, -0.15) is 0 Å². The van der Waals surface area contributed by atoms with Crippen molar-refractivity contribution in [1.29, 1.82) is 0 Å². The van der Waals surface area contributed by atoms with E-state index < -0.39 is 5.69 Å². The predicted molar refractivity (Wildman–Crippen MR) is 59.2 cm³/mol. The number of nitrogens with zero attached hydrogens (tertiary/aromatic N) is 1. The van der Waals surface area contributed by atoms with Crippen molar-refractivity contribution in [1.82, 2.24) is 9.55 Å². The summed E-state index contributed by atoms with van der Waals surface area (Å²) in [7, 11) is 0. The minimum Gasteiger partial charge on any atom is -0.354 e. The highest BCUT2D eigenvalue weighted by molar-refractivity contribution is 4.89. The molecule has 88 valence electrons. The molecule has 1 aliphatic rings. The molecule has 0 spiro atoms. The Kier molecular flexibility index (Phi) is 2.71. The van der Waals surface area contributed by atoms with Crippen molar-refractivity contribution in [2.75, 3.05) is 0 Å². The molecule has 1 aromatic heterocycles. The van der Waals surface area contributed by atoms with Crippen LogP contribution in [0.25, 0.3) is 0 Å². The molecule has 5 nitrogen and oxygen atoms in total. The highest BCUT2D eigenvalue weighted by Crippen LogP contribution is 2.37. The van der Waals surface area contributed by atoms with Crippen LogP contribution in [0.5, 0.6) is 0 Å². The second kappa shape index (κ2) is 3.90. The number of hydrogen-bond acceptors (Lipinski definition) is 3. The molecule has 1 aromatic rings. The third-order valence-electron chi connectivity index (χ3n) is 3.50. The van der Waals surface area contributed by atoms with Gasteiger partial charge in [0, 0.05) is 18.2 Å². The smallest absolute Gasteiger partial charge is 0.330 e. The summed E-state index contributed by atoms with van der Waals surface area (Å²) in [6.07, 6.45) is 1.33. The van der Waals surface area contributed by atoms with E-state index in [2.05, 4.69) is 18.8 Å². The number of nitrogens with one attached hydrogen (secondary N) is 1. The molecule has 0 saturated carbocycles. The molecular formula is C11H16N2O3. The van der Waals surface area contributed by atoms with Gasteiger partial charge in [0.25, 0.3) is 5.56 Å². The average Bonchev–Trinajstić information content (AvgIpc) is 2.46. The molecule has 1 fully saturated rings. The van der Waals surface area contributed by atoms with Crippen LogP contribution >= 0.6 is 0 Å². The summed E-state index contributed by atoms with van der Waals surface area (Å²) in [5.74, 6) is 0.641. The number of hydrogen-bond donors (Lipinski definition) is 1. The van der Waals surface area contributed by atoms with Crippen LogP contribution in [0.15, 0.2) is 21.9 Å². The third-order valence-corrected chi connectivity index (χ3v) is 3.50. The van der Waals surface area contributed by atoms with Gasteiger partial charge in [0.1, 0.15) is 6.23 Å². The SMILES string of the molecule is CC1[C@@H](C)O[C@@H](n2ccc(=O)[nH]c2=O)[C@H]1C. The molecule has 0 bridgehead atoms. The molecule has 4 atom stereocenters. The number of rotatable bonds is 1. The van der Waals surface area contributed by atoms with E-state index >= 15 is 0 Å². The largest absolute Gasteiger partial charge is 0.354 e. The Balaban J connectivity index is 2.39. The van der Waals surface area contributed by atoms with Gasteiger partial charge in [0.05, 0.1) is 6.10 Å². The van der Waals surface area contributed by atoms with Gasteiger partial charge in [-0.3, -0.25) is 14.3 Å². The van der Waals surface area contributed by atoms with E-state index in [1.54, 1.807) is 0 Å². The maximum absolute atomic E-state index is 11.6. The fourth-order valence-corrected chi connectivity index (χ4v) is 2.10. The molecule has 0 aromatic carbocycles. The summed E-state index contributed by atoms with van der Waals surface area (Å²) in [5.41, 5.74) is -0.793. The summed E-state index contributed by atoms with van der Waals surface area (Å²) in [4.78, 5) is 24.8. The van der Waals surface area contributed by atoms with Crippen LogP contribution in [0, 0.1) is 11.8 Å². The van der Waals surface area contributed by atoms with E-state index in [-0.39, 0.29) is 23.8 Å². The van der Waals surface area contributed by atoms with Crippen molar-refractivity contribution < 1.29 is 4.74 Å². The summed E-state index contributed by atoms with van der Waals surface area (Å²) in [6.45, 7) is 6.15. The van der Waals surface area contributed by atoms with Gasteiger partial charge in [-0.25, -0.2) is 4.79 Å². The second-order valence-electron chi connectivity index (χ2n) is 4.47. The zero-order valence-corrected chi connectivity index (χ0v) is 9.64. The molecule has 2 rings (SSSR count). The first-order valence-electron chi connectivity index (χ1n) is 5.47. The summed E-state index contributed by atoms with van der Waals surface area (Å²) >= 11 is 0. The number of aromatic nitrogens is 2. The van der Waals surface area contributed by atoms with Crippen LogP contribution < -0.4 is 11.2 Å². The van der Waals surface area contributed by atoms with Crippen LogP contribution in [-0.2, 0) is 4.74 Å². The van der Waals surface area contributed by atoms with Crippen molar-refractivity contribution in [3.8, 4) is 0 Å². The minimum absolute atomic E-state index is 0.124. The van der Waals surface area contributed by atoms with Gasteiger partial charge < -0.3 is 4.74 Å².